The van der Waals surface area contributed by atoms with Gasteiger partial charge in [-0.1, -0.05) is 12.8 Å². The van der Waals surface area contributed by atoms with E-state index in [2.05, 4.69) is 32.1 Å². The Morgan fingerprint density at radius 2 is 1.75 bits per heavy atom. The molecule has 0 bridgehead atoms. The predicted molar refractivity (Wildman–Crippen MR) is 97.1 cm³/mol. The average Bonchev–Trinajstić information content (AvgIpc) is 3.47. The molecule has 2 saturated carbocycles. The van der Waals surface area contributed by atoms with Crippen LogP contribution in [-0.4, -0.2) is 54.1 Å². The first-order valence-electron chi connectivity index (χ1n) is 9.76. The quantitative estimate of drug-likeness (QED) is 0.898. The summed E-state index contributed by atoms with van der Waals surface area (Å²) in [6, 6.07) is 0.696. The lowest BCUT2D eigenvalue weighted by Gasteiger charge is -2.32. The van der Waals surface area contributed by atoms with Crippen LogP contribution in [0.1, 0.15) is 44.1 Å². The molecule has 4 rings (SSSR count). The highest BCUT2D eigenvalue weighted by atomic mass is 15.3. The number of nitrogens with zero attached hydrogens (tertiary/aromatic N) is 4. The van der Waals surface area contributed by atoms with Crippen LogP contribution in [0.2, 0.25) is 0 Å². The maximum Gasteiger partial charge on any atom is 0.225 e. The van der Waals surface area contributed by atoms with Crippen LogP contribution in [0.3, 0.4) is 0 Å². The molecule has 1 saturated heterocycles. The molecule has 3 aliphatic rings. The first kappa shape index (κ1) is 16.3. The summed E-state index contributed by atoms with van der Waals surface area (Å²) < 4.78 is 0. The molecule has 1 aromatic rings. The predicted octanol–water partition coefficient (Wildman–Crippen LogP) is 2.29. The Morgan fingerprint density at radius 1 is 1.00 bits per heavy atom. The highest BCUT2D eigenvalue weighted by Crippen LogP contribution is 2.43. The monoisotopic (exact) mass is 329 g/mol. The number of anilines is 1. The van der Waals surface area contributed by atoms with Gasteiger partial charge in [-0.05, 0) is 44.6 Å². The Bertz CT molecular complexity index is 519. The van der Waals surface area contributed by atoms with Gasteiger partial charge in [-0.2, -0.15) is 0 Å². The fourth-order valence-electron chi connectivity index (χ4n) is 4.28. The van der Waals surface area contributed by atoms with Crippen molar-refractivity contribution in [3.8, 4) is 0 Å². The Kier molecular flexibility index (Phi) is 4.99. The standard InChI is InChI=1S/C19H31N5/c1-23-7-9-24(10-8-23)19-21-13-15(14-22-19)12-20-18-4-2-3-17(11-18)16-5-6-16/h13-14,16-18,20H,2-12H2,1H3/t17-,18-/m0/s1. The number of rotatable bonds is 5. The molecule has 5 nitrogen and oxygen atoms in total. The SMILES string of the molecule is CN1CCN(c2ncc(CN[C@H]3CCC[C@H](C4CC4)C3)cn2)CC1. The van der Waals surface area contributed by atoms with E-state index in [1.807, 2.05) is 12.4 Å². The van der Waals surface area contributed by atoms with Crippen molar-refractivity contribution in [2.24, 2.45) is 11.8 Å². The topological polar surface area (TPSA) is 44.3 Å². The van der Waals surface area contributed by atoms with Crippen molar-refractivity contribution in [2.45, 2.75) is 51.1 Å². The molecule has 1 aliphatic heterocycles. The first-order chi connectivity index (χ1) is 11.8. The molecule has 24 heavy (non-hydrogen) atoms. The second-order valence-electron chi connectivity index (χ2n) is 8.02. The average molecular weight is 329 g/mol. The minimum atomic E-state index is 0.696. The van der Waals surface area contributed by atoms with E-state index in [1.54, 1.807) is 0 Å². The van der Waals surface area contributed by atoms with E-state index in [0.717, 1.165) is 50.5 Å². The smallest absolute Gasteiger partial charge is 0.225 e. The van der Waals surface area contributed by atoms with Crippen LogP contribution >= 0.6 is 0 Å². The van der Waals surface area contributed by atoms with Gasteiger partial charge in [-0.3, -0.25) is 0 Å². The fraction of sp³-hybridized carbons (Fsp3) is 0.789. The van der Waals surface area contributed by atoms with E-state index in [4.69, 9.17) is 0 Å². The summed E-state index contributed by atoms with van der Waals surface area (Å²) in [5.74, 6) is 2.94. The summed E-state index contributed by atoms with van der Waals surface area (Å²) in [5, 5.41) is 3.76. The van der Waals surface area contributed by atoms with Gasteiger partial charge < -0.3 is 15.1 Å². The Hall–Kier alpha value is -1.20. The number of hydrogen-bond donors (Lipinski definition) is 1. The summed E-state index contributed by atoms with van der Waals surface area (Å²) in [5.41, 5.74) is 1.21. The zero-order valence-electron chi connectivity index (χ0n) is 15.0. The van der Waals surface area contributed by atoms with Crippen molar-refractivity contribution in [3.05, 3.63) is 18.0 Å². The van der Waals surface area contributed by atoms with Gasteiger partial charge in [-0.25, -0.2) is 9.97 Å². The van der Waals surface area contributed by atoms with E-state index in [9.17, 15) is 0 Å². The minimum absolute atomic E-state index is 0.696. The third-order valence-corrected chi connectivity index (χ3v) is 6.08. The lowest BCUT2D eigenvalue weighted by molar-refractivity contribution is 0.260. The molecule has 2 aliphatic carbocycles. The third-order valence-electron chi connectivity index (χ3n) is 6.08. The fourth-order valence-corrected chi connectivity index (χ4v) is 4.28. The molecule has 0 spiro atoms. The van der Waals surface area contributed by atoms with Crippen LogP contribution < -0.4 is 10.2 Å². The lowest BCUT2D eigenvalue weighted by Crippen LogP contribution is -2.45. The molecule has 0 aromatic carbocycles. The molecule has 2 heterocycles. The molecule has 0 amide bonds. The van der Waals surface area contributed by atoms with Gasteiger partial charge in [0.2, 0.25) is 5.95 Å². The number of hydrogen-bond acceptors (Lipinski definition) is 5. The Labute approximate surface area is 145 Å². The number of piperazine rings is 1. The molecule has 1 N–H and O–H groups in total. The van der Waals surface area contributed by atoms with E-state index >= 15 is 0 Å². The van der Waals surface area contributed by atoms with Gasteiger partial charge in [0, 0.05) is 56.7 Å². The Balaban J connectivity index is 1.26. The van der Waals surface area contributed by atoms with E-state index in [1.165, 1.54) is 44.1 Å². The zero-order valence-corrected chi connectivity index (χ0v) is 15.0. The van der Waals surface area contributed by atoms with Crippen molar-refractivity contribution in [1.29, 1.82) is 0 Å². The van der Waals surface area contributed by atoms with Crippen LogP contribution in [0, 0.1) is 11.8 Å². The van der Waals surface area contributed by atoms with Gasteiger partial charge in [0.05, 0.1) is 0 Å². The second kappa shape index (κ2) is 7.36. The van der Waals surface area contributed by atoms with Gasteiger partial charge in [0.1, 0.15) is 0 Å². The van der Waals surface area contributed by atoms with E-state index in [0.29, 0.717) is 6.04 Å². The molecule has 132 valence electrons. The van der Waals surface area contributed by atoms with Crippen LogP contribution in [-0.2, 0) is 6.54 Å². The van der Waals surface area contributed by atoms with Gasteiger partial charge >= 0.3 is 0 Å². The van der Waals surface area contributed by atoms with Crippen LogP contribution in [0.4, 0.5) is 5.95 Å². The maximum absolute atomic E-state index is 4.60. The Morgan fingerprint density at radius 3 is 2.46 bits per heavy atom. The summed E-state index contributed by atoms with van der Waals surface area (Å²) in [6.45, 7) is 5.15. The molecule has 1 aromatic heterocycles. The second-order valence-corrected chi connectivity index (χ2v) is 8.02. The van der Waals surface area contributed by atoms with E-state index in [-0.39, 0.29) is 0 Å². The highest BCUT2D eigenvalue weighted by molar-refractivity contribution is 5.30. The maximum atomic E-state index is 4.60. The zero-order chi connectivity index (χ0) is 16.4. The van der Waals surface area contributed by atoms with E-state index < -0.39 is 0 Å². The van der Waals surface area contributed by atoms with Crippen LogP contribution in [0.5, 0.6) is 0 Å². The van der Waals surface area contributed by atoms with Crippen LogP contribution in [0.25, 0.3) is 0 Å². The molecule has 2 atom stereocenters. The minimum Gasteiger partial charge on any atom is -0.338 e. The van der Waals surface area contributed by atoms with Gasteiger partial charge in [0.15, 0.2) is 0 Å². The summed E-state index contributed by atoms with van der Waals surface area (Å²) in [6.07, 6.45) is 12.6. The summed E-state index contributed by atoms with van der Waals surface area (Å²) in [7, 11) is 2.17. The normalized spacial score (nSPS) is 29.0. The lowest BCUT2D eigenvalue weighted by atomic mass is 9.82. The number of likely N-dealkylation sites (N-methyl/N-ethyl adjacent to an activating group) is 1. The summed E-state index contributed by atoms with van der Waals surface area (Å²) in [4.78, 5) is 13.8. The molecule has 0 unspecified atom stereocenters. The van der Waals surface area contributed by atoms with Crippen molar-refractivity contribution < 1.29 is 0 Å². The van der Waals surface area contributed by atoms with Crippen molar-refractivity contribution in [3.63, 3.8) is 0 Å². The van der Waals surface area contributed by atoms with Crippen molar-refractivity contribution >= 4 is 5.95 Å². The molecular formula is C19H31N5. The molecular weight excluding hydrogens is 298 g/mol. The summed E-state index contributed by atoms with van der Waals surface area (Å²) >= 11 is 0. The van der Waals surface area contributed by atoms with Gasteiger partial charge in [0.25, 0.3) is 0 Å². The molecule has 0 radical (unpaired) electrons. The number of nitrogens with one attached hydrogen (secondary N) is 1. The molecule has 5 heteroatoms. The van der Waals surface area contributed by atoms with Crippen molar-refractivity contribution in [2.75, 3.05) is 38.1 Å². The third kappa shape index (κ3) is 4.06. The number of aromatic nitrogens is 2. The largest absolute Gasteiger partial charge is 0.338 e. The van der Waals surface area contributed by atoms with Crippen molar-refractivity contribution in [1.82, 2.24) is 20.2 Å². The van der Waals surface area contributed by atoms with Crippen LogP contribution in [0.15, 0.2) is 12.4 Å². The highest BCUT2D eigenvalue weighted by Gasteiger charge is 2.34. The van der Waals surface area contributed by atoms with Gasteiger partial charge in [-0.15, -0.1) is 0 Å². The molecule has 3 fully saturated rings. The first-order valence-corrected chi connectivity index (χ1v) is 9.76.